The van der Waals surface area contributed by atoms with Crippen molar-refractivity contribution < 1.29 is 18.7 Å². The van der Waals surface area contributed by atoms with E-state index in [2.05, 4.69) is 10.1 Å². The molecule has 0 fully saturated rings. The number of nitrogens with two attached hydrogens (primary N) is 1. The summed E-state index contributed by atoms with van der Waals surface area (Å²) in [5, 5.41) is 2.75. The Hall–Kier alpha value is -1.82. The number of esters is 1. The fourth-order valence-electron chi connectivity index (χ4n) is 0.992. The third kappa shape index (κ3) is 3.43. The summed E-state index contributed by atoms with van der Waals surface area (Å²) in [6.07, 6.45) is 0. The molecule has 1 amide bonds. The third-order valence-corrected chi connectivity index (χ3v) is 1.65. The summed E-state index contributed by atoms with van der Waals surface area (Å²) in [5.41, 5.74) is 4.93. The number of nitrogens with one attached hydrogen (secondary N) is 1. The van der Waals surface area contributed by atoms with Crippen LogP contribution in [0.1, 0.15) is 16.3 Å². The average molecular weight is 212 g/mol. The molecule has 1 aromatic rings. The van der Waals surface area contributed by atoms with E-state index in [-0.39, 0.29) is 12.3 Å². The van der Waals surface area contributed by atoms with E-state index in [0.29, 0.717) is 12.3 Å². The summed E-state index contributed by atoms with van der Waals surface area (Å²) in [4.78, 5) is 21.4. The maximum absolute atomic E-state index is 11.0. The van der Waals surface area contributed by atoms with Crippen molar-refractivity contribution in [1.29, 1.82) is 0 Å². The van der Waals surface area contributed by atoms with Crippen LogP contribution in [-0.2, 0) is 16.1 Å². The van der Waals surface area contributed by atoms with Gasteiger partial charge in [-0.1, -0.05) is 0 Å². The SMILES string of the molecule is COC(=O)c1ccc(CNCC(N)=O)o1. The van der Waals surface area contributed by atoms with Gasteiger partial charge in [-0.05, 0) is 12.1 Å². The zero-order valence-electron chi connectivity index (χ0n) is 8.28. The van der Waals surface area contributed by atoms with E-state index in [1.54, 1.807) is 6.07 Å². The fraction of sp³-hybridized carbons (Fsp3) is 0.333. The van der Waals surface area contributed by atoms with Crippen molar-refractivity contribution in [1.82, 2.24) is 5.32 Å². The number of methoxy groups -OCH3 is 1. The predicted molar refractivity (Wildman–Crippen MR) is 50.9 cm³/mol. The summed E-state index contributed by atoms with van der Waals surface area (Å²) in [6, 6.07) is 3.13. The van der Waals surface area contributed by atoms with Crippen molar-refractivity contribution in [2.45, 2.75) is 6.54 Å². The largest absolute Gasteiger partial charge is 0.463 e. The van der Waals surface area contributed by atoms with Crippen LogP contribution in [0.5, 0.6) is 0 Å². The van der Waals surface area contributed by atoms with Gasteiger partial charge in [-0.2, -0.15) is 0 Å². The van der Waals surface area contributed by atoms with E-state index in [1.807, 2.05) is 0 Å². The second-order valence-electron chi connectivity index (χ2n) is 2.83. The van der Waals surface area contributed by atoms with Crippen molar-refractivity contribution in [3.05, 3.63) is 23.7 Å². The fourth-order valence-corrected chi connectivity index (χ4v) is 0.992. The first-order valence-corrected chi connectivity index (χ1v) is 4.29. The van der Waals surface area contributed by atoms with Gasteiger partial charge in [-0.25, -0.2) is 4.79 Å². The number of carbonyl (C=O) groups is 2. The minimum atomic E-state index is -0.531. The number of primary amides is 1. The monoisotopic (exact) mass is 212 g/mol. The van der Waals surface area contributed by atoms with Gasteiger partial charge in [0, 0.05) is 0 Å². The number of furan rings is 1. The Morgan fingerprint density at radius 3 is 2.87 bits per heavy atom. The topological polar surface area (TPSA) is 94.6 Å². The first kappa shape index (κ1) is 11.3. The maximum Gasteiger partial charge on any atom is 0.373 e. The van der Waals surface area contributed by atoms with E-state index in [0.717, 1.165) is 0 Å². The number of amides is 1. The number of hydrogen-bond acceptors (Lipinski definition) is 5. The van der Waals surface area contributed by atoms with Gasteiger partial charge in [-0.15, -0.1) is 0 Å². The van der Waals surface area contributed by atoms with Gasteiger partial charge in [0.15, 0.2) is 0 Å². The smallest absolute Gasteiger partial charge is 0.373 e. The number of rotatable bonds is 5. The molecule has 0 atom stereocenters. The van der Waals surface area contributed by atoms with Gasteiger partial charge < -0.3 is 20.2 Å². The molecular formula is C9H12N2O4. The minimum absolute atomic E-state index is 0.0637. The second-order valence-corrected chi connectivity index (χ2v) is 2.83. The van der Waals surface area contributed by atoms with E-state index >= 15 is 0 Å². The normalized spacial score (nSPS) is 9.93. The lowest BCUT2D eigenvalue weighted by atomic mass is 10.4. The highest BCUT2D eigenvalue weighted by Crippen LogP contribution is 2.08. The molecule has 6 nitrogen and oxygen atoms in total. The van der Waals surface area contributed by atoms with E-state index in [4.69, 9.17) is 10.2 Å². The molecule has 0 aliphatic rings. The third-order valence-electron chi connectivity index (χ3n) is 1.65. The highest BCUT2D eigenvalue weighted by atomic mass is 16.5. The number of hydrogen-bond donors (Lipinski definition) is 2. The van der Waals surface area contributed by atoms with Crippen LogP contribution >= 0.6 is 0 Å². The van der Waals surface area contributed by atoms with Gasteiger partial charge in [0.05, 0.1) is 20.2 Å². The molecule has 0 radical (unpaired) electrons. The van der Waals surface area contributed by atoms with Gasteiger partial charge in [-0.3, -0.25) is 4.79 Å². The van der Waals surface area contributed by atoms with Gasteiger partial charge in [0.25, 0.3) is 0 Å². The number of carbonyl (C=O) groups excluding carboxylic acids is 2. The molecule has 3 N–H and O–H groups in total. The molecule has 0 bridgehead atoms. The Bertz CT molecular complexity index is 359. The van der Waals surface area contributed by atoms with Crippen LogP contribution in [0.15, 0.2) is 16.5 Å². The zero-order chi connectivity index (χ0) is 11.3. The molecule has 0 saturated carbocycles. The van der Waals surface area contributed by atoms with Crippen molar-refractivity contribution in [3.63, 3.8) is 0 Å². The number of ether oxygens (including phenoxy) is 1. The lowest BCUT2D eigenvalue weighted by molar-refractivity contribution is -0.117. The van der Waals surface area contributed by atoms with Crippen molar-refractivity contribution in [3.8, 4) is 0 Å². The molecule has 15 heavy (non-hydrogen) atoms. The summed E-state index contributed by atoms with van der Waals surface area (Å²) in [5.74, 6) is -0.309. The molecule has 1 aromatic heterocycles. The van der Waals surface area contributed by atoms with Crippen LogP contribution in [0.2, 0.25) is 0 Å². The molecule has 1 rings (SSSR count). The van der Waals surface area contributed by atoms with Crippen molar-refractivity contribution in [2.75, 3.05) is 13.7 Å². The molecule has 0 aliphatic carbocycles. The quantitative estimate of drug-likeness (QED) is 0.650. The lowest BCUT2D eigenvalue weighted by Crippen LogP contribution is -2.27. The van der Waals surface area contributed by atoms with Crippen LogP contribution in [0.3, 0.4) is 0 Å². The molecular weight excluding hydrogens is 200 g/mol. The Labute approximate surface area is 86.4 Å². The standard InChI is InChI=1S/C9H12N2O4/c1-14-9(13)7-3-2-6(15-7)4-11-5-8(10)12/h2-3,11H,4-5H2,1H3,(H2,10,12). The van der Waals surface area contributed by atoms with Crippen LogP contribution in [-0.4, -0.2) is 25.5 Å². The molecule has 0 unspecified atom stereocenters. The zero-order valence-corrected chi connectivity index (χ0v) is 8.28. The van der Waals surface area contributed by atoms with Gasteiger partial charge >= 0.3 is 5.97 Å². The van der Waals surface area contributed by atoms with E-state index in [9.17, 15) is 9.59 Å². The summed E-state index contributed by atoms with van der Waals surface area (Å²) in [6.45, 7) is 0.397. The highest BCUT2D eigenvalue weighted by Gasteiger charge is 2.10. The molecule has 0 aromatic carbocycles. The Balaban J connectivity index is 2.46. The predicted octanol–water partition coefficient (Wildman–Crippen LogP) is -0.359. The first-order chi connectivity index (χ1) is 7.13. The van der Waals surface area contributed by atoms with Crippen molar-refractivity contribution in [2.24, 2.45) is 5.73 Å². The van der Waals surface area contributed by atoms with E-state index in [1.165, 1.54) is 13.2 Å². The summed E-state index contributed by atoms with van der Waals surface area (Å²) in [7, 11) is 1.27. The molecule has 6 heteroatoms. The lowest BCUT2D eigenvalue weighted by Gasteiger charge is -1.98. The van der Waals surface area contributed by atoms with Crippen LogP contribution < -0.4 is 11.1 Å². The second kappa shape index (κ2) is 5.16. The highest BCUT2D eigenvalue weighted by molar-refractivity contribution is 5.86. The molecule has 0 saturated heterocycles. The van der Waals surface area contributed by atoms with Crippen LogP contribution in [0.4, 0.5) is 0 Å². The average Bonchev–Trinajstić information content (AvgIpc) is 2.65. The molecule has 0 spiro atoms. The summed E-state index contributed by atoms with van der Waals surface area (Å²) < 4.78 is 9.59. The summed E-state index contributed by atoms with van der Waals surface area (Å²) >= 11 is 0. The Morgan fingerprint density at radius 2 is 2.27 bits per heavy atom. The first-order valence-electron chi connectivity index (χ1n) is 4.29. The van der Waals surface area contributed by atoms with E-state index < -0.39 is 11.9 Å². The van der Waals surface area contributed by atoms with Crippen molar-refractivity contribution >= 4 is 11.9 Å². The van der Waals surface area contributed by atoms with Crippen LogP contribution in [0.25, 0.3) is 0 Å². The molecule has 1 heterocycles. The Kier molecular flexibility index (Phi) is 3.87. The molecule has 0 aliphatic heterocycles. The Morgan fingerprint density at radius 1 is 1.53 bits per heavy atom. The van der Waals surface area contributed by atoms with Gasteiger partial charge in [0.1, 0.15) is 5.76 Å². The van der Waals surface area contributed by atoms with Crippen LogP contribution in [0, 0.1) is 0 Å². The minimum Gasteiger partial charge on any atom is -0.463 e. The maximum atomic E-state index is 11.0. The van der Waals surface area contributed by atoms with Gasteiger partial charge in [0.2, 0.25) is 11.7 Å². The molecule has 82 valence electrons.